The highest BCUT2D eigenvalue weighted by atomic mass is 19.2. The molecule has 2 aliphatic rings. The molecule has 0 amide bonds. The van der Waals surface area contributed by atoms with Crippen molar-refractivity contribution in [3.05, 3.63) is 142 Å². The van der Waals surface area contributed by atoms with Crippen LogP contribution < -0.4 is 9.47 Å². The van der Waals surface area contributed by atoms with Gasteiger partial charge in [-0.15, -0.1) is 10.1 Å². The molecule has 0 aliphatic carbocycles. The Morgan fingerprint density at radius 1 is 0.446 bits per heavy atom. The van der Waals surface area contributed by atoms with E-state index in [1.165, 1.54) is 24.3 Å². The summed E-state index contributed by atoms with van der Waals surface area (Å²) in [6.45, 7) is -0.562. The topological polar surface area (TPSA) is 77.5 Å². The number of hydrogen-bond acceptors (Lipinski definition) is 8. The maximum atomic E-state index is 14.6. The van der Waals surface area contributed by atoms with Gasteiger partial charge in [0.1, 0.15) is 11.2 Å². The summed E-state index contributed by atoms with van der Waals surface area (Å²) >= 11 is 0. The average molecular weight is 799 g/mol. The SMILES string of the molecule is O=C(/C=C\C(=O)ON1CCC(Oc2c(F)c(F)c(F)c(F)c2F)(c2ccccc2)CC1)ON1CCC(Oc2c(F)c(F)c(F)c(F)c2F)(c2ccccc2)CC1. The van der Waals surface area contributed by atoms with Crippen LogP contribution in [0.15, 0.2) is 72.8 Å². The minimum absolute atomic E-state index is 0.141. The van der Waals surface area contributed by atoms with Crippen molar-refractivity contribution < 1.29 is 72.6 Å². The molecule has 0 N–H and O–H groups in total. The van der Waals surface area contributed by atoms with E-state index in [1.807, 2.05) is 0 Å². The molecule has 0 bridgehead atoms. The van der Waals surface area contributed by atoms with Gasteiger partial charge in [0, 0.05) is 64.0 Å². The fourth-order valence-electron chi connectivity index (χ4n) is 6.45. The smallest absolute Gasteiger partial charge is 0.349 e. The number of piperidine rings is 2. The van der Waals surface area contributed by atoms with Crippen molar-refractivity contribution in [3.8, 4) is 11.5 Å². The van der Waals surface area contributed by atoms with Gasteiger partial charge in [0.15, 0.2) is 11.5 Å². The van der Waals surface area contributed by atoms with E-state index >= 15 is 0 Å². The Balaban J connectivity index is 1.07. The van der Waals surface area contributed by atoms with E-state index in [4.69, 9.17) is 19.1 Å². The first kappa shape index (κ1) is 40.1. The Labute approximate surface area is 311 Å². The summed E-state index contributed by atoms with van der Waals surface area (Å²) < 4.78 is 153. The number of carbonyl (C=O) groups is 2. The Morgan fingerprint density at radius 3 is 1.00 bits per heavy atom. The molecule has 296 valence electrons. The van der Waals surface area contributed by atoms with Gasteiger partial charge in [-0.2, -0.15) is 17.6 Å². The first-order valence-corrected chi connectivity index (χ1v) is 16.8. The van der Waals surface area contributed by atoms with E-state index < -0.39 is 92.8 Å². The second kappa shape index (κ2) is 16.2. The molecule has 56 heavy (non-hydrogen) atoms. The minimum atomic E-state index is -2.35. The molecular weight excluding hydrogens is 770 g/mol. The summed E-state index contributed by atoms with van der Waals surface area (Å²) in [6.07, 6.45) is 0.868. The molecule has 2 saturated heterocycles. The molecule has 0 aromatic heterocycles. The van der Waals surface area contributed by atoms with Gasteiger partial charge in [-0.3, -0.25) is 0 Å². The highest BCUT2D eigenvalue weighted by Gasteiger charge is 2.44. The number of benzene rings is 4. The molecule has 0 radical (unpaired) electrons. The van der Waals surface area contributed by atoms with Crippen molar-refractivity contribution >= 4 is 11.9 Å². The summed E-state index contributed by atoms with van der Waals surface area (Å²) in [5.74, 6) is -27.1. The first-order chi connectivity index (χ1) is 26.7. The van der Waals surface area contributed by atoms with E-state index in [2.05, 4.69) is 0 Å². The van der Waals surface area contributed by atoms with E-state index in [0.717, 1.165) is 22.3 Å². The lowest BCUT2D eigenvalue weighted by atomic mass is 9.84. The maximum absolute atomic E-state index is 14.6. The first-order valence-electron chi connectivity index (χ1n) is 16.8. The van der Waals surface area contributed by atoms with Crippen molar-refractivity contribution in [1.29, 1.82) is 0 Å². The predicted molar refractivity (Wildman–Crippen MR) is 173 cm³/mol. The van der Waals surface area contributed by atoms with Gasteiger partial charge in [-0.05, 0) is 11.1 Å². The van der Waals surface area contributed by atoms with Crippen molar-refractivity contribution in [2.45, 2.75) is 36.9 Å². The lowest BCUT2D eigenvalue weighted by Crippen LogP contribution is -2.47. The molecule has 2 fully saturated rings. The molecule has 6 rings (SSSR count). The van der Waals surface area contributed by atoms with Crippen LogP contribution in [0.2, 0.25) is 0 Å². The van der Waals surface area contributed by atoms with E-state index in [1.54, 1.807) is 36.4 Å². The number of nitrogens with zero attached hydrogens (tertiary/aromatic N) is 2. The van der Waals surface area contributed by atoms with Gasteiger partial charge < -0.3 is 19.1 Å². The van der Waals surface area contributed by atoms with E-state index in [0.29, 0.717) is 11.1 Å². The zero-order valence-corrected chi connectivity index (χ0v) is 28.7. The predicted octanol–water partition coefficient (Wildman–Crippen LogP) is 7.99. The van der Waals surface area contributed by atoms with Gasteiger partial charge in [0.25, 0.3) is 0 Å². The van der Waals surface area contributed by atoms with Crippen molar-refractivity contribution in [1.82, 2.24) is 10.1 Å². The van der Waals surface area contributed by atoms with Crippen LogP contribution in [0, 0.1) is 58.2 Å². The molecule has 0 atom stereocenters. The number of halogens is 10. The largest absolute Gasteiger partial charge is 0.476 e. The average Bonchev–Trinajstić information content (AvgIpc) is 3.22. The summed E-state index contributed by atoms with van der Waals surface area (Å²) in [5.41, 5.74) is -2.51. The molecule has 4 aromatic carbocycles. The summed E-state index contributed by atoms with van der Waals surface area (Å²) in [5, 5.41) is 2.28. The molecule has 0 saturated carbocycles. The molecule has 4 aromatic rings. The fraction of sp³-hybridized carbons (Fsp3) is 0.263. The van der Waals surface area contributed by atoms with Crippen LogP contribution in [0.4, 0.5) is 43.9 Å². The van der Waals surface area contributed by atoms with Crippen molar-refractivity contribution in [2.24, 2.45) is 0 Å². The van der Waals surface area contributed by atoms with Gasteiger partial charge in [0.05, 0.1) is 0 Å². The molecular formula is C38H28F10N2O6. The molecule has 0 spiro atoms. The summed E-state index contributed by atoms with van der Waals surface area (Å²) in [4.78, 5) is 35.7. The number of hydroxylamine groups is 4. The third-order valence-electron chi connectivity index (χ3n) is 9.39. The standard InChI is InChI=1S/C38H28F10N2O6/c39-25-27(41)31(45)35(32(46)28(25)42)53-37(21-7-3-1-4-8-21)13-17-49(18-14-37)55-23(51)11-12-24(52)56-50-19-15-38(16-20-50,22-9-5-2-6-10-22)54-36-33(47)29(43)26(40)30(44)34(36)48/h1-12H,13-20H2/b12-11-. The maximum Gasteiger partial charge on any atom is 0.349 e. The molecule has 18 heteroatoms. The molecule has 8 nitrogen and oxygen atoms in total. The van der Waals surface area contributed by atoms with Crippen LogP contribution in [-0.4, -0.2) is 48.2 Å². The zero-order chi connectivity index (χ0) is 40.4. The number of ether oxygens (including phenoxy) is 2. The van der Waals surface area contributed by atoms with Crippen LogP contribution in [-0.2, 0) is 30.5 Å². The number of rotatable bonds is 10. The minimum Gasteiger partial charge on any atom is -0.476 e. The van der Waals surface area contributed by atoms with E-state index in [-0.39, 0.29) is 51.9 Å². The third kappa shape index (κ3) is 7.88. The lowest BCUT2D eigenvalue weighted by Gasteiger charge is -2.41. The monoisotopic (exact) mass is 798 g/mol. The highest BCUT2D eigenvalue weighted by Crippen LogP contribution is 2.43. The summed E-state index contributed by atoms with van der Waals surface area (Å²) in [6, 6.07) is 15.7. The lowest BCUT2D eigenvalue weighted by molar-refractivity contribution is -0.201. The Morgan fingerprint density at radius 2 is 0.714 bits per heavy atom. The van der Waals surface area contributed by atoms with Gasteiger partial charge in [-0.1, -0.05) is 60.7 Å². The van der Waals surface area contributed by atoms with Crippen LogP contribution >= 0.6 is 0 Å². The van der Waals surface area contributed by atoms with Gasteiger partial charge in [-0.25, -0.2) is 35.9 Å². The fourth-order valence-corrected chi connectivity index (χ4v) is 6.45. The van der Waals surface area contributed by atoms with Crippen LogP contribution in [0.5, 0.6) is 11.5 Å². The van der Waals surface area contributed by atoms with Crippen molar-refractivity contribution in [2.75, 3.05) is 26.2 Å². The number of carbonyl (C=O) groups excluding carboxylic acids is 2. The second-order valence-corrected chi connectivity index (χ2v) is 12.7. The normalized spacial score (nSPS) is 17.1. The zero-order valence-electron chi connectivity index (χ0n) is 28.7. The van der Waals surface area contributed by atoms with Crippen LogP contribution in [0.1, 0.15) is 36.8 Å². The van der Waals surface area contributed by atoms with Crippen LogP contribution in [0.25, 0.3) is 0 Å². The molecule has 2 heterocycles. The van der Waals surface area contributed by atoms with Crippen molar-refractivity contribution in [3.63, 3.8) is 0 Å². The molecule has 2 aliphatic heterocycles. The Bertz CT molecular complexity index is 1930. The van der Waals surface area contributed by atoms with E-state index in [9.17, 15) is 53.5 Å². The van der Waals surface area contributed by atoms with Gasteiger partial charge in [0.2, 0.25) is 58.2 Å². The second-order valence-electron chi connectivity index (χ2n) is 12.7. The summed E-state index contributed by atoms with van der Waals surface area (Å²) in [7, 11) is 0. The Hall–Kier alpha value is -5.62. The third-order valence-corrected chi connectivity index (χ3v) is 9.39. The molecule has 0 unspecified atom stereocenters. The van der Waals surface area contributed by atoms with Crippen LogP contribution in [0.3, 0.4) is 0 Å². The van der Waals surface area contributed by atoms with Gasteiger partial charge >= 0.3 is 11.9 Å². The Kier molecular flexibility index (Phi) is 11.6. The quantitative estimate of drug-likeness (QED) is 0.0693. The highest BCUT2D eigenvalue weighted by molar-refractivity contribution is 5.91. The number of hydrogen-bond donors (Lipinski definition) is 0.